The molecule has 2 heterocycles. The summed E-state index contributed by atoms with van der Waals surface area (Å²) in [5.41, 5.74) is 5.57. The number of aromatic nitrogens is 2. The van der Waals surface area contributed by atoms with Gasteiger partial charge in [0.05, 0.1) is 14.2 Å². The third-order valence-electron chi connectivity index (χ3n) is 6.44. The Bertz CT molecular complexity index is 1250. The Morgan fingerprint density at radius 3 is 2.59 bits per heavy atom. The molecule has 32 heavy (non-hydrogen) atoms. The predicted octanol–water partition coefficient (Wildman–Crippen LogP) is 5.35. The van der Waals surface area contributed by atoms with Gasteiger partial charge in [-0.05, 0) is 48.6 Å². The van der Waals surface area contributed by atoms with Gasteiger partial charge in [0.15, 0.2) is 23.1 Å². The number of hydrogen-bond acceptors (Lipinski definition) is 5. The van der Waals surface area contributed by atoms with Gasteiger partial charge in [-0.15, -0.1) is 0 Å². The number of halogens is 1. The van der Waals surface area contributed by atoms with Crippen LogP contribution in [0, 0.1) is 6.92 Å². The number of benzene rings is 2. The molecule has 1 aliphatic carbocycles. The number of aryl methyl sites for hydroxylation is 1. The first-order valence-electron chi connectivity index (χ1n) is 10.6. The highest BCUT2D eigenvalue weighted by Crippen LogP contribution is 2.49. The fourth-order valence-electron chi connectivity index (χ4n) is 4.92. The van der Waals surface area contributed by atoms with E-state index in [9.17, 15) is 4.79 Å². The maximum Gasteiger partial charge on any atom is 0.162 e. The number of hydrogen-bond donors (Lipinski definition) is 2. The number of fused-ring (bicyclic) bond motifs is 1. The topological polar surface area (TPSA) is 76.2 Å². The Hall–Kier alpha value is -3.25. The summed E-state index contributed by atoms with van der Waals surface area (Å²) >= 11 is 6.60. The molecule has 2 aliphatic rings. The summed E-state index contributed by atoms with van der Waals surface area (Å²) in [5, 5.41) is 11.6. The van der Waals surface area contributed by atoms with Crippen molar-refractivity contribution in [1.82, 2.24) is 10.2 Å². The van der Waals surface area contributed by atoms with E-state index in [4.69, 9.17) is 21.1 Å². The summed E-state index contributed by atoms with van der Waals surface area (Å²) in [4.78, 5) is 13.6. The zero-order valence-electron chi connectivity index (χ0n) is 18.2. The zero-order valence-corrected chi connectivity index (χ0v) is 18.9. The molecule has 0 unspecified atom stereocenters. The molecule has 0 spiro atoms. The van der Waals surface area contributed by atoms with Gasteiger partial charge in [-0.1, -0.05) is 35.9 Å². The number of carbonyl (C=O) groups excluding carboxylic acids is 1. The molecular formula is C25H24ClN3O3. The van der Waals surface area contributed by atoms with Crippen molar-refractivity contribution in [2.75, 3.05) is 19.5 Å². The zero-order chi connectivity index (χ0) is 22.4. The van der Waals surface area contributed by atoms with Crippen LogP contribution in [0.2, 0.25) is 5.02 Å². The normalized spacial score (nSPS) is 19.8. The predicted molar refractivity (Wildman–Crippen MR) is 124 cm³/mol. The number of nitrogens with zero attached hydrogens (tertiary/aromatic N) is 1. The summed E-state index contributed by atoms with van der Waals surface area (Å²) in [6, 6.07) is 13.6. The largest absolute Gasteiger partial charge is 0.493 e. The van der Waals surface area contributed by atoms with Gasteiger partial charge in [-0.3, -0.25) is 9.89 Å². The van der Waals surface area contributed by atoms with Gasteiger partial charge < -0.3 is 14.8 Å². The first kappa shape index (κ1) is 20.6. The number of allylic oxidation sites excluding steroid dienone is 2. The molecule has 0 amide bonds. The number of ketones is 1. The van der Waals surface area contributed by atoms with Gasteiger partial charge in [-0.25, -0.2) is 0 Å². The number of nitrogens with one attached hydrogen (secondary N) is 2. The molecule has 2 aromatic carbocycles. The maximum absolute atomic E-state index is 13.6. The average molecular weight is 450 g/mol. The maximum atomic E-state index is 13.6. The second-order valence-corrected chi connectivity index (χ2v) is 8.63. The lowest BCUT2D eigenvalue weighted by atomic mass is 9.72. The Morgan fingerprint density at radius 2 is 1.84 bits per heavy atom. The van der Waals surface area contributed by atoms with Crippen molar-refractivity contribution in [2.45, 2.75) is 31.6 Å². The smallest absolute Gasteiger partial charge is 0.162 e. The van der Waals surface area contributed by atoms with Crippen LogP contribution in [0.15, 0.2) is 53.7 Å². The second kappa shape index (κ2) is 8.02. The van der Waals surface area contributed by atoms with Gasteiger partial charge in [0, 0.05) is 39.9 Å². The van der Waals surface area contributed by atoms with Crippen molar-refractivity contribution >= 4 is 23.2 Å². The molecule has 0 saturated carbocycles. The molecule has 1 aromatic heterocycles. The summed E-state index contributed by atoms with van der Waals surface area (Å²) in [7, 11) is 3.23. The van der Waals surface area contributed by atoms with Gasteiger partial charge in [0.1, 0.15) is 0 Å². The highest BCUT2D eigenvalue weighted by Gasteiger charge is 2.41. The minimum atomic E-state index is -0.243. The number of rotatable bonds is 4. The SMILES string of the molecule is COc1ccc([C@H]2CC(=O)C3=C(C2)Nc2n[nH]c(C)c2[C@@H]3c2ccccc2Cl)cc1OC. The van der Waals surface area contributed by atoms with E-state index >= 15 is 0 Å². The van der Waals surface area contributed by atoms with Gasteiger partial charge in [0.25, 0.3) is 0 Å². The van der Waals surface area contributed by atoms with E-state index in [0.717, 1.165) is 39.5 Å². The molecular weight excluding hydrogens is 426 g/mol. The lowest BCUT2D eigenvalue weighted by molar-refractivity contribution is -0.116. The van der Waals surface area contributed by atoms with Crippen molar-refractivity contribution in [1.29, 1.82) is 0 Å². The van der Waals surface area contributed by atoms with E-state index < -0.39 is 0 Å². The van der Waals surface area contributed by atoms with Crippen LogP contribution < -0.4 is 14.8 Å². The average Bonchev–Trinajstić information content (AvgIpc) is 3.17. The molecule has 7 heteroatoms. The van der Waals surface area contributed by atoms with Crippen LogP contribution in [0.3, 0.4) is 0 Å². The van der Waals surface area contributed by atoms with Crippen LogP contribution in [-0.4, -0.2) is 30.2 Å². The molecule has 5 rings (SSSR count). The molecule has 3 aromatic rings. The molecule has 0 saturated heterocycles. The monoisotopic (exact) mass is 449 g/mol. The van der Waals surface area contributed by atoms with Crippen LogP contribution >= 0.6 is 11.6 Å². The summed E-state index contributed by atoms with van der Waals surface area (Å²) in [5.74, 6) is 1.99. The van der Waals surface area contributed by atoms with Crippen molar-refractivity contribution in [3.05, 3.63) is 81.1 Å². The molecule has 0 radical (unpaired) electrons. The molecule has 2 atom stereocenters. The minimum Gasteiger partial charge on any atom is -0.493 e. The third-order valence-corrected chi connectivity index (χ3v) is 6.79. The number of anilines is 1. The van der Waals surface area contributed by atoms with Crippen LogP contribution in [-0.2, 0) is 4.79 Å². The number of methoxy groups -OCH3 is 2. The molecule has 0 fully saturated rings. The van der Waals surface area contributed by atoms with Gasteiger partial charge in [-0.2, -0.15) is 5.10 Å². The van der Waals surface area contributed by atoms with E-state index in [1.807, 2.05) is 49.4 Å². The Labute approximate surface area is 191 Å². The van der Waals surface area contributed by atoms with Crippen LogP contribution in [0.25, 0.3) is 0 Å². The van der Waals surface area contributed by atoms with Crippen molar-refractivity contribution < 1.29 is 14.3 Å². The quantitative estimate of drug-likeness (QED) is 0.561. The number of aromatic amines is 1. The van der Waals surface area contributed by atoms with Crippen LogP contribution in [0.1, 0.15) is 47.1 Å². The first-order chi connectivity index (χ1) is 15.5. The molecule has 1 aliphatic heterocycles. The van der Waals surface area contributed by atoms with E-state index in [2.05, 4.69) is 15.5 Å². The third kappa shape index (κ3) is 3.26. The Morgan fingerprint density at radius 1 is 1.06 bits per heavy atom. The number of Topliss-reactive ketones (excluding diaryl/α,β-unsaturated/α-hetero) is 1. The van der Waals surface area contributed by atoms with Crippen molar-refractivity contribution in [2.24, 2.45) is 0 Å². The van der Waals surface area contributed by atoms with E-state index in [1.54, 1.807) is 14.2 Å². The molecule has 0 bridgehead atoms. The highest BCUT2D eigenvalue weighted by atomic mass is 35.5. The second-order valence-electron chi connectivity index (χ2n) is 8.23. The van der Waals surface area contributed by atoms with E-state index in [1.165, 1.54) is 0 Å². The molecule has 6 nitrogen and oxygen atoms in total. The van der Waals surface area contributed by atoms with Crippen LogP contribution in [0.4, 0.5) is 5.82 Å². The van der Waals surface area contributed by atoms with E-state index in [-0.39, 0.29) is 17.6 Å². The lowest BCUT2D eigenvalue weighted by Gasteiger charge is -2.35. The van der Waals surface area contributed by atoms with Crippen molar-refractivity contribution in [3.63, 3.8) is 0 Å². The van der Waals surface area contributed by atoms with Gasteiger partial charge >= 0.3 is 0 Å². The number of carbonyl (C=O) groups is 1. The highest BCUT2D eigenvalue weighted by molar-refractivity contribution is 6.31. The lowest BCUT2D eigenvalue weighted by Crippen LogP contribution is -2.30. The molecule has 164 valence electrons. The molecule has 2 N–H and O–H groups in total. The van der Waals surface area contributed by atoms with E-state index in [0.29, 0.717) is 29.4 Å². The fraction of sp³-hybridized carbons (Fsp3) is 0.280. The number of ether oxygens (including phenoxy) is 2. The Balaban J connectivity index is 1.59. The summed E-state index contributed by atoms with van der Waals surface area (Å²) < 4.78 is 10.8. The summed E-state index contributed by atoms with van der Waals surface area (Å²) in [6.45, 7) is 1.97. The number of H-pyrrole nitrogens is 1. The standard InChI is InChI=1S/C25H24ClN3O3/c1-13-22-23(16-6-4-5-7-17(16)26)24-18(27-25(22)29-28-13)10-15(11-19(24)30)14-8-9-20(31-2)21(12-14)32-3/h4-9,12,15,23H,10-11H2,1-3H3,(H2,27,28,29)/t15-,23+/m1/s1. The summed E-state index contributed by atoms with van der Waals surface area (Å²) in [6.07, 6.45) is 1.12. The van der Waals surface area contributed by atoms with Crippen LogP contribution in [0.5, 0.6) is 11.5 Å². The van der Waals surface area contributed by atoms with Crippen molar-refractivity contribution in [3.8, 4) is 11.5 Å². The first-order valence-corrected chi connectivity index (χ1v) is 10.9. The van der Waals surface area contributed by atoms with Gasteiger partial charge in [0.2, 0.25) is 0 Å². The Kier molecular flexibility index (Phi) is 5.18. The minimum absolute atomic E-state index is 0.0297. The fourth-order valence-corrected chi connectivity index (χ4v) is 5.17.